The standard InChI is InChI=1S/C28H23F2N5O3/c1-28(2,36)26-32-13-18(14-33-26)16-8-9-20-21(11-16)35-15-19-22(6-3-7-23(19)38-27(29)30)37-25-17(5-4-10-31-25)12-24(35)34-20/h3-11,13-14,27,36H,12,15H2,1-2H3. The normalized spacial score (nSPS) is 13.1. The minimum absolute atomic E-state index is 0.0245. The Bertz CT molecular complexity index is 1650. The average molecular weight is 516 g/mol. The molecule has 1 aliphatic rings. The van der Waals surface area contributed by atoms with Gasteiger partial charge in [-0.25, -0.2) is 19.9 Å². The van der Waals surface area contributed by atoms with E-state index in [2.05, 4.69) is 15.0 Å². The molecule has 2 aromatic carbocycles. The number of alkyl halides is 2. The topological polar surface area (TPSA) is 95.2 Å². The van der Waals surface area contributed by atoms with Gasteiger partial charge in [-0.3, -0.25) is 0 Å². The Labute approximate surface area is 216 Å². The summed E-state index contributed by atoms with van der Waals surface area (Å²) < 4.78 is 39.6. The molecule has 3 aromatic heterocycles. The molecule has 1 N–H and O–H groups in total. The number of hydrogen-bond donors (Lipinski definition) is 1. The number of hydrogen-bond acceptors (Lipinski definition) is 7. The van der Waals surface area contributed by atoms with Crippen LogP contribution in [0.15, 0.2) is 67.1 Å². The van der Waals surface area contributed by atoms with Gasteiger partial charge in [-0.05, 0) is 49.7 Å². The fourth-order valence-electron chi connectivity index (χ4n) is 4.54. The first kappa shape index (κ1) is 23.9. The molecule has 38 heavy (non-hydrogen) atoms. The summed E-state index contributed by atoms with van der Waals surface area (Å²) in [6.45, 7) is 0.455. The molecular formula is C28H23F2N5O3. The number of rotatable bonds is 4. The van der Waals surface area contributed by atoms with Gasteiger partial charge >= 0.3 is 6.61 Å². The van der Waals surface area contributed by atoms with Crippen molar-refractivity contribution in [1.82, 2.24) is 24.5 Å². The van der Waals surface area contributed by atoms with E-state index in [9.17, 15) is 13.9 Å². The Hall–Kier alpha value is -4.44. The second kappa shape index (κ2) is 9.14. The van der Waals surface area contributed by atoms with E-state index in [4.69, 9.17) is 14.5 Å². The fourth-order valence-corrected chi connectivity index (χ4v) is 4.54. The summed E-state index contributed by atoms with van der Waals surface area (Å²) in [5.41, 5.74) is 3.27. The molecule has 0 spiro atoms. The van der Waals surface area contributed by atoms with Crippen molar-refractivity contribution < 1.29 is 23.4 Å². The predicted octanol–water partition coefficient (Wildman–Crippen LogP) is 5.46. The molecule has 10 heteroatoms. The van der Waals surface area contributed by atoms with E-state index in [0.717, 1.165) is 33.5 Å². The summed E-state index contributed by atoms with van der Waals surface area (Å²) in [7, 11) is 0. The van der Waals surface area contributed by atoms with Crippen LogP contribution in [0.3, 0.4) is 0 Å². The molecule has 0 aliphatic carbocycles. The number of ether oxygens (including phenoxy) is 2. The SMILES string of the molecule is CC(C)(O)c1ncc(-c2ccc3nc4n(c3c2)Cc2c(cccc2OC(F)F)Oc2ncccc2C4)cn1. The van der Waals surface area contributed by atoms with Crippen LogP contribution >= 0.6 is 0 Å². The Morgan fingerprint density at radius 1 is 1.03 bits per heavy atom. The van der Waals surface area contributed by atoms with Crippen molar-refractivity contribution in [2.24, 2.45) is 0 Å². The van der Waals surface area contributed by atoms with Gasteiger partial charge in [-0.15, -0.1) is 0 Å². The summed E-state index contributed by atoms with van der Waals surface area (Å²) >= 11 is 0. The lowest BCUT2D eigenvalue weighted by atomic mass is 10.1. The Balaban J connectivity index is 1.52. The monoisotopic (exact) mass is 515 g/mol. The van der Waals surface area contributed by atoms with Crippen molar-refractivity contribution in [1.29, 1.82) is 0 Å². The highest BCUT2D eigenvalue weighted by atomic mass is 19.3. The van der Waals surface area contributed by atoms with Gasteiger partial charge in [0.15, 0.2) is 5.82 Å². The molecule has 4 heterocycles. The highest BCUT2D eigenvalue weighted by molar-refractivity contribution is 5.82. The molecule has 5 aromatic rings. The maximum Gasteiger partial charge on any atom is 0.387 e. The van der Waals surface area contributed by atoms with Crippen molar-refractivity contribution >= 4 is 11.0 Å². The lowest BCUT2D eigenvalue weighted by Crippen LogP contribution is -2.19. The Kier molecular flexibility index (Phi) is 5.76. The molecule has 0 bridgehead atoms. The van der Waals surface area contributed by atoms with Gasteiger partial charge in [-0.1, -0.05) is 18.2 Å². The van der Waals surface area contributed by atoms with Crippen LogP contribution in [0, 0.1) is 0 Å². The van der Waals surface area contributed by atoms with Gasteiger partial charge in [0.25, 0.3) is 0 Å². The third kappa shape index (κ3) is 4.43. The zero-order valence-corrected chi connectivity index (χ0v) is 20.6. The maximum absolute atomic E-state index is 13.3. The smallest absolute Gasteiger partial charge is 0.387 e. The number of benzene rings is 2. The van der Waals surface area contributed by atoms with Crippen LogP contribution in [-0.2, 0) is 18.6 Å². The molecule has 6 rings (SSSR count). The Morgan fingerprint density at radius 2 is 1.84 bits per heavy atom. The van der Waals surface area contributed by atoms with Crippen LogP contribution in [0.4, 0.5) is 8.78 Å². The number of fused-ring (bicyclic) bond motifs is 5. The van der Waals surface area contributed by atoms with E-state index < -0.39 is 12.2 Å². The summed E-state index contributed by atoms with van der Waals surface area (Å²) in [6.07, 6.45) is 5.37. The molecule has 0 saturated heterocycles. The van der Waals surface area contributed by atoms with E-state index >= 15 is 0 Å². The minimum Gasteiger partial charge on any atom is -0.438 e. The van der Waals surface area contributed by atoms with Crippen molar-refractivity contribution in [3.05, 3.63) is 89.9 Å². The van der Waals surface area contributed by atoms with Gasteiger partial charge < -0.3 is 19.1 Å². The zero-order chi connectivity index (χ0) is 26.4. The van der Waals surface area contributed by atoms with Gasteiger partial charge in [0.2, 0.25) is 5.88 Å². The molecule has 1 aliphatic heterocycles. The molecule has 0 saturated carbocycles. The van der Waals surface area contributed by atoms with E-state index in [-0.39, 0.29) is 12.3 Å². The van der Waals surface area contributed by atoms with Gasteiger partial charge in [0, 0.05) is 36.1 Å². The molecular weight excluding hydrogens is 492 g/mol. The van der Waals surface area contributed by atoms with Crippen LogP contribution < -0.4 is 9.47 Å². The van der Waals surface area contributed by atoms with Crippen molar-refractivity contribution in [3.63, 3.8) is 0 Å². The third-order valence-corrected chi connectivity index (χ3v) is 6.39. The number of aromatic nitrogens is 5. The maximum atomic E-state index is 13.3. The minimum atomic E-state index is -2.99. The molecule has 192 valence electrons. The van der Waals surface area contributed by atoms with E-state index in [1.165, 1.54) is 6.07 Å². The molecule has 0 atom stereocenters. The third-order valence-electron chi connectivity index (χ3n) is 6.39. The van der Waals surface area contributed by atoms with E-state index in [0.29, 0.717) is 29.4 Å². The molecule has 0 fully saturated rings. The highest BCUT2D eigenvalue weighted by Crippen LogP contribution is 2.38. The van der Waals surface area contributed by atoms with Crippen molar-refractivity contribution in [2.75, 3.05) is 0 Å². The summed E-state index contributed by atoms with van der Waals surface area (Å²) in [5, 5.41) is 10.2. The van der Waals surface area contributed by atoms with Crippen LogP contribution in [0.1, 0.15) is 36.6 Å². The van der Waals surface area contributed by atoms with Gasteiger partial charge in [-0.2, -0.15) is 8.78 Å². The molecule has 0 unspecified atom stereocenters. The second-order valence-electron chi connectivity index (χ2n) is 9.53. The number of aliphatic hydroxyl groups is 1. The van der Waals surface area contributed by atoms with Crippen LogP contribution in [-0.4, -0.2) is 36.2 Å². The lowest BCUT2D eigenvalue weighted by Gasteiger charge is -2.16. The first-order chi connectivity index (χ1) is 18.3. The number of nitrogens with zero attached hydrogens (tertiary/aromatic N) is 5. The van der Waals surface area contributed by atoms with Gasteiger partial charge in [0.05, 0.1) is 23.1 Å². The number of pyridine rings is 1. The van der Waals surface area contributed by atoms with Gasteiger partial charge in [0.1, 0.15) is 22.9 Å². The number of halogens is 2. The van der Waals surface area contributed by atoms with Crippen molar-refractivity contribution in [3.8, 4) is 28.5 Å². The fraction of sp³-hybridized carbons (Fsp3) is 0.214. The Morgan fingerprint density at radius 3 is 2.61 bits per heavy atom. The summed E-state index contributed by atoms with van der Waals surface area (Å²) in [6, 6.07) is 14.3. The van der Waals surface area contributed by atoms with E-state index in [1.54, 1.807) is 44.6 Å². The average Bonchev–Trinajstić information content (AvgIpc) is 3.24. The first-order valence-corrected chi connectivity index (χ1v) is 12.0. The van der Waals surface area contributed by atoms with Crippen LogP contribution in [0.5, 0.6) is 17.4 Å². The predicted molar refractivity (Wildman–Crippen MR) is 135 cm³/mol. The lowest BCUT2D eigenvalue weighted by molar-refractivity contribution is -0.0505. The highest BCUT2D eigenvalue weighted by Gasteiger charge is 2.24. The summed E-state index contributed by atoms with van der Waals surface area (Å²) in [5.74, 6) is 1.83. The molecule has 0 amide bonds. The van der Waals surface area contributed by atoms with Crippen LogP contribution in [0.2, 0.25) is 0 Å². The quantitative estimate of drug-likeness (QED) is 0.333. The molecule has 8 nitrogen and oxygen atoms in total. The number of imidazole rings is 1. The summed E-state index contributed by atoms with van der Waals surface area (Å²) in [4.78, 5) is 17.9. The first-order valence-electron chi connectivity index (χ1n) is 12.0. The van der Waals surface area contributed by atoms with Crippen molar-refractivity contribution in [2.45, 2.75) is 39.0 Å². The van der Waals surface area contributed by atoms with E-state index in [1.807, 2.05) is 34.9 Å². The second-order valence-corrected chi connectivity index (χ2v) is 9.53. The zero-order valence-electron chi connectivity index (χ0n) is 20.6. The van der Waals surface area contributed by atoms with Crippen LogP contribution in [0.25, 0.3) is 22.2 Å². The molecule has 0 radical (unpaired) electrons. The largest absolute Gasteiger partial charge is 0.438 e.